The number of nitrogens with one attached hydrogen (secondary N) is 1. The number of nitrogens with zero attached hydrogens (tertiary/aromatic N) is 2. The molecule has 1 aromatic rings. The normalized spacial score (nSPS) is 25.1. The molecule has 2 aliphatic rings. The molecule has 1 atom stereocenters. The lowest BCUT2D eigenvalue weighted by molar-refractivity contribution is 0.0866. The van der Waals surface area contributed by atoms with E-state index in [2.05, 4.69) is 21.1 Å². The van der Waals surface area contributed by atoms with Gasteiger partial charge in [-0.1, -0.05) is 0 Å². The first-order chi connectivity index (χ1) is 7.92. The van der Waals surface area contributed by atoms with Crippen molar-refractivity contribution < 1.29 is 4.74 Å². The number of rotatable bonds is 4. The quantitative estimate of drug-likeness (QED) is 0.825. The van der Waals surface area contributed by atoms with E-state index in [-0.39, 0.29) is 0 Å². The topological polar surface area (TPSA) is 39.1 Å². The van der Waals surface area contributed by atoms with Gasteiger partial charge in [-0.05, 0) is 18.8 Å². The van der Waals surface area contributed by atoms with Gasteiger partial charge >= 0.3 is 0 Å². The highest BCUT2D eigenvalue weighted by atomic mass is 16.5. The van der Waals surface area contributed by atoms with E-state index in [0.29, 0.717) is 5.92 Å². The van der Waals surface area contributed by atoms with Gasteiger partial charge in [0, 0.05) is 38.0 Å². The maximum absolute atomic E-state index is 5.77. The molecule has 1 aromatic heterocycles. The van der Waals surface area contributed by atoms with Crippen molar-refractivity contribution in [1.29, 1.82) is 0 Å². The summed E-state index contributed by atoms with van der Waals surface area (Å²) in [5, 5.41) is 3.43. The van der Waals surface area contributed by atoms with Crippen molar-refractivity contribution in [2.24, 2.45) is 11.8 Å². The summed E-state index contributed by atoms with van der Waals surface area (Å²) in [5.74, 6) is 2.58. The van der Waals surface area contributed by atoms with E-state index < -0.39 is 0 Å². The predicted octanol–water partition coefficient (Wildman–Crippen LogP) is 1.03. The van der Waals surface area contributed by atoms with Crippen molar-refractivity contribution in [3.8, 4) is 0 Å². The zero-order valence-electron chi connectivity index (χ0n) is 9.56. The summed E-state index contributed by atoms with van der Waals surface area (Å²) in [6.45, 7) is 4.79. The highest BCUT2D eigenvalue weighted by molar-refractivity contribution is 4.94. The average Bonchev–Trinajstić information content (AvgIpc) is 3.04. The fraction of sp³-hybridized carbons (Fsp3) is 0.750. The second kappa shape index (κ2) is 4.55. The largest absolute Gasteiger partial charge is 0.381 e. The second-order valence-corrected chi connectivity index (χ2v) is 4.97. The molecule has 0 bridgehead atoms. The molecule has 1 fully saturated rings. The van der Waals surface area contributed by atoms with Crippen molar-refractivity contribution in [1.82, 2.24) is 14.9 Å². The van der Waals surface area contributed by atoms with Gasteiger partial charge in [0.1, 0.15) is 5.82 Å². The van der Waals surface area contributed by atoms with Crippen LogP contribution in [-0.4, -0.2) is 29.3 Å². The van der Waals surface area contributed by atoms with E-state index in [1.807, 2.05) is 6.20 Å². The average molecular weight is 221 g/mol. The Balaban J connectivity index is 1.51. The molecule has 1 N–H and O–H groups in total. The summed E-state index contributed by atoms with van der Waals surface area (Å²) >= 11 is 0. The summed E-state index contributed by atoms with van der Waals surface area (Å²) < 4.78 is 8.01. The zero-order valence-corrected chi connectivity index (χ0v) is 9.56. The lowest BCUT2D eigenvalue weighted by atomic mass is 10.1. The monoisotopic (exact) mass is 221 g/mol. The van der Waals surface area contributed by atoms with Crippen LogP contribution < -0.4 is 5.32 Å². The number of hydrogen-bond donors (Lipinski definition) is 1. The fourth-order valence-corrected chi connectivity index (χ4v) is 2.20. The molecule has 1 saturated carbocycles. The lowest BCUT2D eigenvalue weighted by Gasteiger charge is -2.15. The van der Waals surface area contributed by atoms with Gasteiger partial charge in [-0.3, -0.25) is 0 Å². The van der Waals surface area contributed by atoms with Crippen molar-refractivity contribution in [3.63, 3.8) is 0 Å². The molecule has 0 saturated heterocycles. The van der Waals surface area contributed by atoms with Crippen LogP contribution in [-0.2, 0) is 17.8 Å². The molecule has 1 aliphatic heterocycles. The molecule has 0 aromatic carbocycles. The second-order valence-electron chi connectivity index (χ2n) is 4.97. The summed E-state index contributed by atoms with van der Waals surface area (Å²) in [6.07, 6.45) is 6.68. The van der Waals surface area contributed by atoms with Gasteiger partial charge in [-0.2, -0.15) is 0 Å². The van der Waals surface area contributed by atoms with Crippen molar-refractivity contribution in [2.75, 3.05) is 19.8 Å². The van der Waals surface area contributed by atoms with Crippen molar-refractivity contribution in [3.05, 3.63) is 18.2 Å². The molecule has 88 valence electrons. The first-order valence-corrected chi connectivity index (χ1v) is 6.20. The molecule has 1 unspecified atom stereocenters. The van der Waals surface area contributed by atoms with Crippen LogP contribution in [0.4, 0.5) is 0 Å². The third-order valence-corrected chi connectivity index (χ3v) is 3.38. The smallest absolute Gasteiger partial charge is 0.122 e. The van der Waals surface area contributed by atoms with E-state index in [1.54, 1.807) is 0 Å². The van der Waals surface area contributed by atoms with E-state index in [9.17, 15) is 0 Å². The first kappa shape index (κ1) is 10.3. The van der Waals surface area contributed by atoms with Crippen LogP contribution in [0.5, 0.6) is 0 Å². The van der Waals surface area contributed by atoms with Gasteiger partial charge in [0.05, 0.1) is 13.2 Å². The minimum Gasteiger partial charge on any atom is -0.381 e. The minimum absolute atomic E-state index is 0.578. The van der Waals surface area contributed by atoms with Crippen LogP contribution in [0, 0.1) is 11.8 Å². The number of fused-ring (bicyclic) bond motifs is 1. The Morgan fingerprint density at radius 1 is 1.38 bits per heavy atom. The third kappa shape index (κ3) is 2.44. The van der Waals surface area contributed by atoms with Crippen LogP contribution >= 0.6 is 0 Å². The molecular weight excluding hydrogens is 202 g/mol. The van der Waals surface area contributed by atoms with Crippen LogP contribution in [0.1, 0.15) is 18.7 Å². The number of aromatic nitrogens is 2. The Morgan fingerprint density at radius 3 is 3.12 bits per heavy atom. The number of imidazole rings is 1. The minimum atomic E-state index is 0.578. The van der Waals surface area contributed by atoms with Gasteiger partial charge in [-0.25, -0.2) is 4.98 Å². The molecule has 4 heteroatoms. The van der Waals surface area contributed by atoms with E-state index in [1.165, 1.54) is 12.8 Å². The van der Waals surface area contributed by atoms with Gasteiger partial charge in [0.25, 0.3) is 0 Å². The summed E-state index contributed by atoms with van der Waals surface area (Å²) in [7, 11) is 0. The Morgan fingerprint density at radius 2 is 2.25 bits per heavy atom. The van der Waals surface area contributed by atoms with Gasteiger partial charge in [0.15, 0.2) is 0 Å². The predicted molar refractivity (Wildman–Crippen MR) is 61.0 cm³/mol. The maximum atomic E-state index is 5.77. The standard InChI is InChI=1S/C12H19N3O/c1-2-10(1)8-16-9-11-5-13-6-12-14-3-4-15(12)7-11/h3-4,10-11,13H,1-2,5-9H2. The Kier molecular flexibility index (Phi) is 2.93. The van der Waals surface area contributed by atoms with Crippen LogP contribution in [0.25, 0.3) is 0 Å². The Labute approximate surface area is 96.0 Å². The first-order valence-electron chi connectivity index (χ1n) is 6.20. The van der Waals surface area contributed by atoms with Crippen LogP contribution in [0.2, 0.25) is 0 Å². The highest BCUT2D eigenvalue weighted by Crippen LogP contribution is 2.28. The Bertz CT molecular complexity index is 346. The molecule has 3 rings (SSSR count). The molecule has 1 aliphatic carbocycles. The molecule has 0 spiro atoms. The van der Waals surface area contributed by atoms with E-state index >= 15 is 0 Å². The molecule has 16 heavy (non-hydrogen) atoms. The van der Waals surface area contributed by atoms with Gasteiger partial charge < -0.3 is 14.6 Å². The van der Waals surface area contributed by atoms with Crippen LogP contribution in [0.3, 0.4) is 0 Å². The number of ether oxygens (including phenoxy) is 1. The molecule has 4 nitrogen and oxygen atoms in total. The maximum Gasteiger partial charge on any atom is 0.122 e. The van der Waals surface area contributed by atoms with Crippen molar-refractivity contribution >= 4 is 0 Å². The summed E-state index contributed by atoms with van der Waals surface area (Å²) in [6, 6.07) is 0. The number of hydrogen-bond acceptors (Lipinski definition) is 3. The Hall–Kier alpha value is -0.870. The molecule has 2 heterocycles. The highest BCUT2D eigenvalue weighted by Gasteiger charge is 2.22. The van der Waals surface area contributed by atoms with Gasteiger partial charge in [-0.15, -0.1) is 0 Å². The zero-order chi connectivity index (χ0) is 10.8. The van der Waals surface area contributed by atoms with E-state index in [0.717, 1.165) is 44.6 Å². The van der Waals surface area contributed by atoms with Crippen LogP contribution in [0.15, 0.2) is 12.4 Å². The lowest BCUT2D eigenvalue weighted by Crippen LogP contribution is -2.25. The molecular formula is C12H19N3O. The third-order valence-electron chi connectivity index (χ3n) is 3.38. The SMILES string of the molecule is c1cn2c(n1)CNCC(COCC1CC1)C2. The fourth-order valence-electron chi connectivity index (χ4n) is 2.20. The molecule has 0 amide bonds. The van der Waals surface area contributed by atoms with Crippen molar-refractivity contribution in [2.45, 2.75) is 25.9 Å². The molecule has 0 radical (unpaired) electrons. The van der Waals surface area contributed by atoms with E-state index in [4.69, 9.17) is 4.74 Å². The summed E-state index contributed by atoms with van der Waals surface area (Å²) in [4.78, 5) is 4.33. The van der Waals surface area contributed by atoms with Gasteiger partial charge in [0.2, 0.25) is 0 Å². The summed E-state index contributed by atoms with van der Waals surface area (Å²) in [5.41, 5.74) is 0.